The summed E-state index contributed by atoms with van der Waals surface area (Å²) in [7, 11) is 0. The molecule has 0 unspecified atom stereocenters. The molecule has 5 nitrogen and oxygen atoms in total. The molecule has 2 aromatic carbocycles. The third-order valence-corrected chi connectivity index (χ3v) is 3.87. The van der Waals surface area contributed by atoms with Crippen molar-refractivity contribution in [3.8, 4) is 22.4 Å². The largest absolute Gasteiger partial charge is 0.419 e. The molecule has 0 bridgehead atoms. The number of hydrogen-bond donors (Lipinski definition) is 2. The van der Waals surface area contributed by atoms with E-state index in [1.165, 1.54) is 0 Å². The molecule has 3 aromatic rings. The van der Waals surface area contributed by atoms with Gasteiger partial charge in [0, 0.05) is 17.3 Å². The molecule has 1 amide bonds. The molecule has 10 heteroatoms. The first-order valence-corrected chi connectivity index (χ1v) is 7.65. The number of halogens is 5. The van der Waals surface area contributed by atoms with Crippen LogP contribution in [0, 0.1) is 11.6 Å². The van der Waals surface area contributed by atoms with Gasteiger partial charge in [-0.05, 0) is 29.8 Å². The van der Waals surface area contributed by atoms with E-state index in [4.69, 9.17) is 5.73 Å². The summed E-state index contributed by atoms with van der Waals surface area (Å²) < 4.78 is 68.0. The van der Waals surface area contributed by atoms with Crippen molar-refractivity contribution in [1.29, 1.82) is 0 Å². The first-order chi connectivity index (χ1) is 13.1. The molecular formula is C18H10F5N3O2. The number of rotatable bonds is 3. The average Bonchev–Trinajstić information content (AvgIpc) is 2.61. The third kappa shape index (κ3) is 3.48. The molecule has 1 heterocycles. The SMILES string of the molecule is NC(=O)c1c[nH]c(=O)c(-c2ccc(F)c(-c3cccc(F)c3C(F)(F)F)c2)n1. The Morgan fingerprint density at radius 1 is 1.04 bits per heavy atom. The van der Waals surface area contributed by atoms with Crippen molar-refractivity contribution in [2.75, 3.05) is 0 Å². The summed E-state index contributed by atoms with van der Waals surface area (Å²) in [6.45, 7) is 0. The number of amides is 1. The van der Waals surface area contributed by atoms with Crippen molar-refractivity contribution in [2.24, 2.45) is 5.73 Å². The highest BCUT2D eigenvalue weighted by molar-refractivity contribution is 5.91. The zero-order valence-corrected chi connectivity index (χ0v) is 13.8. The maximum atomic E-state index is 14.3. The molecule has 1 aromatic heterocycles. The standard InChI is InChI=1S/C18H10F5N3O2/c19-11-5-4-8(15-17(28)25-7-13(26-15)16(24)27)6-10(11)9-2-1-3-12(20)14(9)18(21,22)23/h1-7H,(H2,24,27)(H,25,28). The molecule has 0 radical (unpaired) electrons. The van der Waals surface area contributed by atoms with E-state index in [2.05, 4.69) is 9.97 Å². The fraction of sp³-hybridized carbons (Fsp3) is 0.0556. The third-order valence-electron chi connectivity index (χ3n) is 3.87. The minimum absolute atomic E-state index is 0.0851. The molecule has 0 spiro atoms. The van der Waals surface area contributed by atoms with E-state index in [0.29, 0.717) is 6.07 Å². The number of nitrogens with one attached hydrogen (secondary N) is 1. The van der Waals surface area contributed by atoms with Crippen LogP contribution in [0.25, 0.3) is 22.4 Å². The van der Waals surface area contributed by atoms with Crippen molar-refractivity contribution in [1.82, 2.24) is 9.97 Å². The van der Waals surface area contributed by atoms with Gasteiger partial charge in [-0.2, -0.15) is 13.2 Å². The Morgan fingerprint density at radius 2 is 1.75 bits per heavy atom. The fourth-order valence-corrected chi connectivity index (χ4v) is 2.64. The topological polar surface area (TPSA) is 88.8 Å². The molecule has 0 fully saturated rings. The van der Waals surface area contributed by atoms with E-state index in [1.807, 2.05) is 0 Å². The Hall–Kier alpha value is -3.56. The number of nitrogens with zero attached hydrogens (tertiary/aromatic N) is 1. The number of primary amides is 1. The maximum Gasteiger partial charge on any atom is 0.419 e. The predicted octanol–water partition coefficient (Wildman–Crippen LogP) is 3.50. The number of nitrogens with two attached hydrogens (primary N) is 1. The van der Waals surface area contributed by atoms with Crippen LogP contribution in [0.4, 0.5) is 22.0 Å². The second-order valence-corrected chi connectivity index (χ2v) is 5.68. The molecular weight excluding hydrogens is 385 g/mol. The van der Waals surface area contributed by atoms with Crippen LogP contribution < -0.4 is 11.3 Å². The Bertz CT molecular complexity index is 1140. The summed E-state index contributed by atoms with van der Waals surface area (Å²) in [5.41, 5.74) is 0.594. The van der Waals surface area contributed by atoms with E-state index in [0.717, 1.165) is 36.5 Å². The lowest BCUT2D eigenvalue weighted by molar-refractivity contribution is -0.139. The summed E-state index contributed by atoms with van der Waals surface area (Å²) in [6.07, 6.45) is -4.11. The van der Waals surface area contributed by atoms with Gasteiger partial charge in [0.1, 0.15) is 23.0 Å². The Kier molecular flexibility index (Phi) is 4.72. The quantitative estimate of drug-likeness (QED) is 0.666. The molecule has 0 aliphatic heterocycles. The second kappa shape index (κ2) is 6.87. The van der Waals surface area contributed by atoms with Crippen LogP contribution in [0.1, 0.15) is 16.1 Å². The molecule has 3 N–H and O–H groups in total. The Morgan fingerprint density at radius 3 is 2.39 bits per heavy atom. The highest BCUT2D eigenvalue weighted by Gasteiger charge is 2.37. The maximum absolute atomic E-state index is 14.3. The first kappa shape index (κ1) is 19.2. The lowest BCUT2D eigenvalue weighted by Gasteiger charge is -2.15. The van der Waals surface area contributed by atoms with Crippen LogP contribution in [0.2, 0.25) is 0 Å². The van der Waals surface area contributed by atoms with Gasteiger partial charge in [-0.25, -0.2) is 13.8 Å². The highest BCUT2D eigenvalue weighted by atomic mass is 19.4. The lowest BCUT2D eigenvalue weighted by atomic mass is 9.96. The van der Waals surface area contributed by atoms with Gasteiger partial charge in [0.05, 0.1) is 5.56 Å². The van der Waals surface area contributed by atoms with Crippen LogP contribution in [0.3, 0.4) is 0 Å². The number of carbonyl (C=O) groups is 1. The van der Waals surface area contributed by atoms with Crippen molar-refractivity contribution < 1.29 is 26.7 Å². The van der Waals surface area contributed by atoms with Crippen LogP contribution in [0.15, 0.2) is 47.4 Å². The summed E-state index contributed by atoms with van der Waals surface area (Å²) >= 11 is 0. The normalized spacial score (nSPS) is 11.5. The Balaban J connectivity index is 2.26. The zero-order valence-electron chi connectivity index (χ0n) is 13.8. The molecule has 0 saturated heterocycles. The van der Waals surface area contributed by atoms with Gasteiger partial charge in [-0.15, -0.1) is 0 Å². The van der Waals surface area contributed by atoms with Gasteiger partial charge >= 0.3 is 6.18 Å². The summed E-state index contributed by atoms with van der Waals surface area (Å²) in [5.74, 6) is -3.59. The molecule has 0 aliphatic rings. The van der Waals surface area contributed by atoms with Gasteiger partial charge in [0.25, 0.3) is 11.5 Å². The van der Waals surface area contributed by atoms with E-state index in [-0.39, 0.29) is 17.0 Å². The van der Waals surface area contributed by atoms with Crippen molar-refractivity contribution in [3.05, 3.63) is 75.8 Å². The van der Waals surface area contributed by atoms with E-state index >= 15 is 0 Å². The monoisotopic (exact) mass is 395 g/mol. The number of alkyl halides is 3. The van der Waals surface area contributed by atoms with Crippen LogP contribution in [-0.4, -0.2) is 15.9 Å². The minimum atomic E-state index is -5.08. The van der Waals surface area contributed by atoms with Crippen molar-refractivity contribution in [3.63, 3.8) is 0 Å². The Labute approximate surface area is 153 Å². The number of aromatic amines is 1. The number of H-pyrrole nitrogens is 1. The van der Waals surface area contributed by atoms with E-state index in [9.17, 15) is 31.5 Å². The molecule has 0 aliphatic carbocycles. The van der Waals surface area contributed by atoms with Crippen molar-refractivity contribution in [2.45, 2.75) is 6.18 Å². The van der Waals surface area contributed by atoms with Gasteiger partial charge in [-0.1, -0.05) is 12.1 Å². The van der Waals surface area contributed by atoms with Gasteiger partial charge < -0.3 is 10.7 Å². The smallest absolute Gasteiger partial charge is 0.364 e. The molecule has 144 valence electrons. The molecule has 0 saturated carbocycles. The molecule has 3 rings (SSSR count). The number of benzene rings is 2. The zero-order chi connectivity index (χ0) is 20.6. The average molecular weight is 395 g/mol. The van der Waals surface area contributed by atoms with Gasteiger partial charge in [0.15, 0.2) is 0 Å². The van der Waals surface area contributed by atoms with Crippen molar-refractivity contribution >= 4 is 5.91 Å². The number of carbonyl (C=O) groups excluding carboxylic acids is 1. The van der Waals surface area contributed by atoms with E-state index < -0.39 is 46.0 Å². The molecule has 28 heavy (non-hydrogen) atoms. The highest BCUT2D eigenvalue weighted by Crippen LogP contribution is 2.40. The van der Waals surface area contributed by atoms with Gasteiger partial charge in [0.2, 0.25) is 0 Å². The fourth-order valence-electron chi connectivity index (χ4n) is 2.64. The summed E-state index contributed by atoms with van der Waals surface area (Å²) in [6, 6.07) is 5.34. The lowest BCUT2D eigenvalue weighted by Crippen LogP contribution is -2.19. The van der Waals surface area contributed by atoms with Crippen LogP contribution >= 0.6 is 0 Å². The molecule has 0 atom stereocenters. The van der Waals surface area contributed by atoms with Gasteiger partial charge in [-0.3, -0.25) is 9.59 Å². The predicted molar refractivity (Wildman–Crippen MR) is 89.2 cm³/mol. The summed E-state index contributed by atoms with van der Waals surface area (Å²) in [5, 5.41) is 0. The number of hydrogen-bond acceptors (Lipinski definition) is 3. The van der Waals surface area contributed by atoms with Crippen LogP contribution in [-0.2, 0) is 6.18 Å². The second-order valence-electron chi connectivity index (χ2n) is 5.68. The summed E-state index contributed by atoms with van der Waals surface area (Å²) in [4.78, 5) is 29.2. The first-order valence-electron chi connectivity index (χ1n) is 7.65. The van der Waals surface area contributed by atoms with Crippen LogP contribution in [0.5, 0.6) is 0 Å². The number of aromatic nitrogens is 2. The van der Waals surface area contributed by atoms with E-state index in [1.54, 1.807) is 0 Å². The minimum Gasteiger partial charge on any atom is -0.364 e.